The van der Waals surface area contributed by atoms with E-state index in [4.69, 9.17) is 4.74 Å². The summed E-state index contributed by atoms with van der Waals surface area (Å²) in [4.78, 5) is 3.99. The maximum atomic E-state index is 9.48. The number of hydrogen-bond acceptors (Lipinski definition) is 4. The highest BCUT2D eigenvalue weighted by molar-refractivity contribution is 5.91. The lowest BCUT2D eigenvalue weighted by atomic mass is 9.94. The highest BCUT2D eigenvalue weighted by Crippen LogP contribution is 2.37. The lowest BCUT2D eigenvalue weighted by Crippen LogP contribution is -2.30. The van der Waals surface area contributed by atoms with Crippen LogP contribution in [0.4, 0.5) is 5.69 Å². The molecule has 1 aliphatic rings. The summed E-state index contributed by atoms with van der Waals surface area (Å²) in [5.41, 5.74) is 4.26. The van der Waals surface area contributed by atoms with Crippen molar-refractivity contribution in [3.8, 4) is 11.8 Å². The Balaban J connectivity index is 2.07. The summed E-state index contributed by atoms with van der Waals surface area (Å²) < 4.78 is 5.55. The largest absolute Gasteiger partial charge is 0.495 e. The third-order valence-electron chi connectivity index (χ3n) is 3.92. The average Bonchev–Trinajstić information content (AvgIpc) is 2.59. The molecule has 1 N–H and O–H groups in total. The summed E-state index contributed by atoms with van der Waals surface area (Å²) in [5, 5.41) is 13.0. The third-order valence-corrected chi connectivity index (χ3v) is 3.92. The van der Waals surface area contributed by atoms with Gasteiger partial charge in [-0.2, -0.15) is 5.26 Å². The predicted octanol–water partition coefficient (Wildman–Crippen LogP) is 4.37. The topological polar surface area (TPSA) is 57.9 Å². The van der Waals surface area contributed by atoms with E-state index < -0.39 is 0 Å². The monoisotopic (exact) mass is 317 g/mol. The van der Waals surface area contributed by atoms with Crippen LogP contribution in [0.1, 0.15) is 30.5 Å². The minimum Gasteiger partial charge on any atom is -0.495 e. The minimum absolute atomic E-state index is 0.119. The SMILES string of the molecule is COc1cc(/C=C(\C#N)c2ccncc2)cc2c1NC(C)(C)C=C2. The molecule has 0 amide bonds. The summed E-state index contributed by atoms with van der Waals surface area (Å²) >= 11 is 0. The second-order valence-corrected chi connectivity index (χ2v) is 6.27. The number of rotatable bonds is 3. The number of aromatic nitrogens is 1. The molecule has 1 aliphatic heterocycles. The number of nitriles is 1. The molecule has 1 aromatic heterocycles. The Morgan fingerprint density at radius 2 is 2.04 bits per heavy atom. The van der Waals surface area contributed by atoms with Crippen molar-refractivity contribution in [1.82, 2.24) is 4.98 Å². The molecule has 4 nitrogen and oxygen atoms in total. The normalized spacial score (nSPS) is 15.2. The first-order valence-electron chi connectivity index (χ1n) is 7.74. The van der Waals surface area contributed by atoms with Crippen LogP contribution in [0, 0.1) is 11.3 Å². The van der Waals surface area contributed by atoms with Crippen LogP contribution >= 0.6 is 0 Å². The van der Waals surface area contributed by atoms with Crippen molar-refractivity contribution in [2.75, 3.05) is 12.4 Å². The van der Waals surface area contributed by atoms with Gasteiger partial charge in [0.2, 0.25) is 0 Å². The third kappa shape index (κ3) is 3.16. The number of anilines is 1. The van der Waals surface area contributed by atoms with E-state index in [1.54, 1.807) is 19.5 Å². The highest BCUT2D eigenvalue weighted by atomic mass is 16.5. The summed E-state index contributed by atoms with van der Waals surface area (Å²) in [6.07, 6.45) is 9.44. The highest BCUT2D eigenvalue weighted by Gasteiger charge is 2.22. The summed E-state index contributed by atoms with van der Waals surface area (Å²) in [6.45, 7) is 4.22. The molecular formula is C20H19N3O. The first-order chi connectivity index (χ1) is 11.5. The molecule has 3 rings (SSSR count). The van der Waals surface area contributed by atoms with Gasteiger partial charge in [-0.05, 0) is 55.3 Å². The zero-order valence-corrected chi connectivity index (χ0v) is 14.0. The minimum atomic E-state index is -0.119. The second-order valence-electron chi connectivity index (χ2n) is 6.27. The van der Waals surface area contributed by atoms with E-state index in [9.17, 15) is 5.26 Å². The van der Waals surface area contributed by atoms with Gasteiger partial charge in [0.05, 0.1) is 30.0 Å². The van der Waals surface area contributed by atoms with Gasteiger partial charge in [0, 0.05) is 18.0 Å². The van der Waals surface area contributed by atoms with Crippen LogP contribution in [-0.2, 0) is 0 Å². The number of ether oxygens (including phenoxy) is 1. The quantitative estimate of drug-likeness (QED) is 0.854. The number of methoxy groups -OCH3 is 1. The number of nitrogens with one attached hydrogen (secondary N) is 1. The number of pyridine rings is 1. The van der Waals surface area contributed by atoms with Gasteiger partial charge in [-0.15, -0.1) is 0 Å². The Labute approximate surface area is 142 Å². The van der Waals surface area contributed by atoms with Gasteiger partial charge < -0.3 is 10.1 Å². The van der Waals surface area contributed by atoms with Crippen LogP contribution in [0.3, 0.4) is 0 Å². The Hall–Kier alpha value is -3.06. The molecule has 1 aromatic carbocycles. The number of nitrogens with zero attached hydrogens (tertiary/aromatic N) is 2. The molecule has 0 unspecified atom stereocenters. The van der Waals surface area contributed by atoms with Gasteiger partial charge in [-0.3, -0.25) is 4.98 Å². The van der Waals surface area contributed by atoms with Crippen LogP contribution in [-0.4, -0.2) is 17.6 Å². The molecule has 0 spiro atoms. The smallest absolute Gasteiger partial charge is 0.143 e. The van der Waals surface area contributed by atoms with Crippen molar-refractivity contribution in [2.45, 2.75) is 19.4 Å². The lowest BCUT2D eigenvalue weighted by Gasteiger charge is -2.30. The maximum Gasteiger partial charge on any atom is 0.143 e. The Morgan fingerprint density at radius 1 is 1.29 bits per heavy atom. The first-order valence-corrected chi connectivity index (χ1v) is 7.74. The summed E-state index contributed by atoms with van der Waals surface area (Å²) in [6, 6.07) is 9.91. The van der Waals surface area contributed by atoms with Gasteiger partial charge in [-0.25, -0.2) is 0 Å². The molecule has 0 fully saturated rings. The van der Waals surface area contributed by atoms with Gasteiger partial charge in [0.1, 0.15) is 5.75 Å². The zero-order valence-electron chi connectivity index (χ0n) is 14.0. The fraction of sp³-hybridized carbons (Fsp3) is 0.200. The lowest BCUT2D eigenvalue weighted by molar-refractivity contribution is 0.415. The van der Waals surface area contributed by atoms with Gasteiger partial charge in [0.25, 0.3) is 0 Å². The molecule has 0 saturated carbocycles. The number of fused-ring (bicyclic) bond motifs is 1. The van der Waals surface area contributed by atoms with E-state index >= 15 is 0 Å². The van der Waals surface area contributed by atoms with Gasteiger partial charge in [-0.1, -0.05) is 12.2 Å². The molecule has 0 atom stereocenters. The van der Waals surface area contributed by atoms with E-state index in [1.807, 2.05) is 24.3 Å². The fourth-order valence-electron chi connectivity index (χ4n) is 2.71. The molecular weight excluding hydrogens is 298 g/mol. The average molecular weight is 317 g/mol. The molecule has 0 radical (unpaired) electrons. The number of benzene rings is 1. The molecule has 4 heteroatoms. The second kappa shape index (κ2) is 6.21. The van der Waals surface area contributed by atoms with E-state index in [-0.39, 0.29) is 5.54 Å². The summed E-state index contributed by atoms with van der Waals surface area (Å²) in [5.74, 6) is 0.767. The molecule has 2 heterocycles. The van der Waals surface area contributed by atoms with Gasteiger partial charge >= 0.3 is 0 Å². The number of hydrogen-bond donors (Lipinski definition) is 1. The Morgan fingerprint density at radius 3 is 2.71 bits per heavy atom. The molecule has 0 saturated heterocycles. The zero-order chi connectivity index (χ0) is 17.2. The standard InChI is InChI=1S/C20H19N3O/c1-20(2)7-4-16-10-14(12-18(24-3)19(16)23-20)11-17(13-21)15-5-8-22-9-6-15/h4-12,23H,1-3H3/b17-11+. The summed E-state index contributed by atoms with van der Waals surface area (Å²) in [7, 11) is 1.66. The van der Waals surface area contributed by atoms with Crippen molar-refractivity contribution in [3.63, 3.8) is 0 Å². The first kappa shape index (κ1) is 15.8. The van der Waals surface area contributed by atoms with Crippen molar-refractivity contribution in [3.05, 3.63) is 59.4 Å². The van der Waals surface area contributed by atoms with E-state index in [2.05, 4.69) is 48.4 Å². The van der Waals surface area contributed by atoms with Crippen molar-refractivity contribution >= 4 is 23.4 Å². The Kier molecular flexibility index (Phi) is 4.09. The van der Waals surface area contributed by atoms with Crippen molar-refractivity contribution in [1.29, 1.82) is 5.26 Å². The van der Waals surface area contributed by atoms with Crippen LogP contribution in [0.2, 0.25) is 0 Å². The molecule has 0 bridgehead atoms. The van der Waals surface area contributed by atoms with Crippen LogP contribution in [0.5, 0.6) is 5.75 Å². The molecule has 24 heavy (non-hydrogen) atoms. The maximum absolute atomic E-state index is 9.48. The molecule has 120 valence electrons. The van der Waals surface area contributed by atoms with Crippen molar-refractivity contribution in [2.24, 2.45) is 0 Å². The Bertz CT molecular complexity index is 858. The van der Waals surface area contributed by atoms with Crippen LogP contribution in [0.25, 0.3) is 17.7 Å². The fourth-order valence-corrected chi connectivity index (χ4v) is 2.71. The van der Waals surface area contributed by atoms with E-state index in [0.717, 1.165) is 28.1 Å². The van der Waals surface area contributed by atoms with Crippen molar-refractivity contribution < 1.29 is 4.74 Å². The van der Waals surface area contributed by atoms with Crippen LogP contribution < -0.4 is 10.1 Å². The van der Waals surface area contributed by atoms with E-state index in [0.29, 0.717) is 5.57 Å². The molecule has 0 aliphatic carbocycles. The van der Waals surface area contributed by atoms with Gasteiger partial charge in [0.15, 0.2) is 0 Å². The molecule has 2 aromatic rings. The van der Waals surface area contributed by atoms with E-state index in [1.165, 1.54) is 0 Å². The van der Waals surface area contributed by atoms with Crippen LogP contribution in [0.15, 0.2) is 42.7 Å². The predicted molar refractivity (Wildman–Crippen MR) is 97.5 cm³/mol. The number of allylic oxidation sites excluding steroid dienone is 1.